The molecule has 0 aliphatic heterocycles. The molecule has 5 nitrogen and oxygen atoms in total. The molecule has 0 bridgehead atoms. The fourth-order valence-corrected chi connectivity index (χ4v) is 4.40. The second-order valence-corrected chi connectivity index (χ2v) is 8.90. The zero-order valence-corrected chi connectivity index (χ0v) is 19.6. The molecule has 3 aromatic heterocycles. The molecule has 0 atom stereocenters. The summed E-state index contributed by atoms with van der Waals surface area (Å²) in [5, 5.41) is 1.11. The lowest BCUT2D eigenvalue weighted by molar-refractivity contribution is -0.611. The van der Waals surface area contributed by atoms with Gasteiger partial charge < -0.3 is 9.80 Å². The maximum absolute atomic E-state index is 6.74. The quantitative estimate of drug-likeness (QED) is 0.416. The van der Waals surface area contributed by atoms with Crippen molar-refractivity contribution < 1.29 is 9.13 Å². The molecule has 0 N–H and O–H groups in total. The van der Waals surface area contributed by atoms with E-state index in [9.17, 15) is 0 Å². The van der Waals surface area contributed by atoms with E-state index in [1.165, 1.54) is 0 Å². The lowest BCUT2D eigenvalue weighted by atomic mass is 10.3. The van der Waals surface area contributed by atoms with Crippen molar-refractivity contribution >= 4 is 46.3 Å². The molecule has 3 heterocycles. The summed E-state index contributed by atoms with van der Waals surface area (Å²) in [5.74, 6) is 2.16. The van der Waals surface area contributed by atoms with Crippen LogP contribution >= 0.6 is 35.0 Å². The lowest BCUT2D eigenvalue weighted by Gasteiger charge is -2.13. The minimum atomic E-state index is 0.554. The number of nitrogens with zero attached hydrogens (tertiary/aromatic N) is 5. The normalized spacial score (nSPS) is 10.9. The molecule has 0 aliphatic rings. The van der Waals surface area contributed by atoms with Gasteiger partial charge in [-0.25, -0.2) is 9.13 Å². The number of anilines is 2. The SMILES string of the molecule is CCSc1c(Cl)c(-[n+]2ccc(N(C)C)cc2)nc(-[n+]2ccc(N(C)C)cc2)c1Cl. The molecule has 3 aromatic rings. The molecule has 0 aromatic carbocycles. The summed E-state index contributed by atoms with van der Waals surface area (Å²) in [5.41, 5.74) is 2.20. The third-order valence-electron chi connectivity index (χ3n) is 4.44. The Morgan fingerprint density at radius 3 is 1.48 bits per heavy atom. The number of aromatic nitrogens is 3. The van der Waals surface area contributed by atoms with E-state index in [0.29, 0.717) is 21.7 Å². The topological polar surface area (TPSA) is 27.1 Å². The Kier molecular flexibility index (Phi) is 6.88. The van der Waals surface area contributed by atoms with Crippen molar-refractivity contribution in [2.75, 3.05) is 43.7 Å². The van der Waals surface area contributed by atoms with Gasteiger partial charge >= 0.3 is 11.6 Å². The van der Waals surface area contributed by atoms with Crippen molar-refractivity contribution in [3.05, 3.63) is 59.1 Å². The smallest absolute Gasteiger partial charge is 0.352 e. The number of rotatable bonds is 6. The average Bonchev–Trinajstić information content (AvgIpc) is 2.71. The van der Waals surface area contributed by atoms with Crippen molar-refractivity contribution in [1.82, 2.24) is 4.98 Å². The zero-order chi connectivity index (χ0) is 21.1. The summed E-state index contributed by atoms with van der Waals surface area (Å²) >= 11 is 15.1. The summed E-state index contributed by atoms with van der Waals surface area (Å²) in [6.45, 7) is 2.08. The molecule has 0 aliphatic carbocycles. The van der Waals surface area contributed by atoms with Crippen molar-refractivity contribution in [1.29, 1.82) is 0 Å². The van der Waals surface area contributed by atoms with Crippen LogP contribution in [0.1, 0.15) is 6.92 Å². The number of thioether (sulfide) groups is 1. The largest absolute Gasteiger partial charge is 0.377 e. The van der Waals surface area contributed by atoms with Gasteiger partial charge in [0.05, 0.1) is 29.7 Å². The minimum Gasteiger partial charge on any atom is -0.377 e. The van der Waals surface area contributed by atoms with Crippen LogP contribution < -0.4 is 18.9 Å². The molecule has 0 saturated heterocycles. The van der Waals surface area contributed by atoms with Crippen LogP contribution in [0.25, 0.3) is 11.6 Å². The van der Waals surface area contributed by atoms with Crippen molar-refractivity contribution in [3.63, 3.8) is 0 Å². The van der Waals surface area contributed by atoms with Crippen LogP contribution in [0.5, 0.6) is 0 Å². The van der Waals surface area contributed by atoms with Gasteiger partial charge in [-0.1, -0.05) is 30.1 Å². The highest BCUT2D eigenvalue weighted by Gasteiger charge is 2.29. The molecule has 0 saturated carbocycles. The molecule has 0 spiro atoms. The van der Waals surface area contributed by atoms with Gasteiger partial charge in [0.15, 0.2) is 10.0 Å². The molecule has 0 amide bonds. The van der Waals surface area contributed by atoms with Crippen LogP contribution in [0.4, 0.5) is 11.4 Å². The van der Waals surface area contributed by atoms with E-state index in [1.807, 2.05) is 96.2 Å². The number of hydrogen-bond donors (Lipinski definition) is 0. The minimum absolute atomic E-state index is 0.554. The number of halogens is 2. The van der Waals surface area contributed by atoms with Gasteiger partial charge in [0.1, 0.15) is 0 Å². The third kappa shape index (κ3) is 4.60. The number of pyridine rings is 3. The highest BCUT2D eigenvalue weighted by Crippen LogP contribution is 2.37. The molecule has 0 radical (unpaired) electrons. The van der Waals surface area contributed by atoms with E-state index in [4.69, 9.17) is 28.2 Å². The van der Waals surface area contributed by atoms with Crippen molar-refractivity contribution in [3.8, 4) is 11.6 Å². The van der Waals surface area contributed by atoms with Crippen LogP contribution in [0.15, 0.2) is 53.9 Å². The second-order valence-electron chi connectivity index (χ2n) is 6.87. The molecule has 152 valence electrons. The van der Waals surface area contributed by atoms with Gasteiger partial charge in [0.25, 0.3) is 0 Å². The summed E-state index contributed by atoms with van der Waals surface area (Å²) in [6.07, 6.45) is 7.84. The number of hydrogen-bond acceptors (Lipinski definition) is 4. The van der Waals surface area contributed by atoms with Crippen LogP contribution in [0.3, 0.4) is 0 Å². The summed E-state index contributed by atoms with van der Waals surface area (Å²) in [7, 11) is 8.04. The van der Waals surface area contributed by atoms with Crippen LogP contribution in [-0.2, 0) is 0 Å². The van der Waals surface area contributed by atoms with Crippen LogP contribution in [0.2, 0.25) is 10.0 Å². The van der Waals surface area contributed by atoms with Gasteiger partial charge in [-0.05, 0) is 5.75 Å². The maximum Gasteiger partial charge on any atom is 0.352 e. The van der Waals surface area contributed by atoms with Crippen molar-refractivity contribution in [2.24, 2.45) is 0 Å². The predicted octanol–water partition coefficient (Wildman–Crippen LogP) is 4.19. The Bertz CT molecular complexity index is 914. The van der Waals surface area contributed by atoms with Crippen molar-refractivity contribution in [2.45, 2.75) is 11.8 Å². The molecular weight excluding hydrogens is 425 g/mol. The Morgan fingerprint density at radius 2 is 1.17 bits per heavy atom. The van der Waals surface area contributed by atoms with E-state index in [0.717, 1.165) is 22.0 Å². The second kappa shape index (κ2) is 9.20. The first-order chi connectivity index (χ1) is 13.8. The summed E-state index contributed by atoms with van der Waals surface area (Å²) < 4.78 is 3.84. The predicted molar refractivity (Wildman–Crippen MR) is 122 cm³/mol. The molecule has 29 heavy (non-hydrogen) atoms. The van der Waals surface area contributed by atoms with Gasteiger partial charge in [0, 0.05) is 68.8 Å². The molecule has 0 fully saturated rings. The fourth-order valence-electron chi connectivity index (χ4n) is 2.83. The van der Waals surface area contributed by atoms with E-state index in [1.54, 1.807) is 11.8 Å². The Labute approximate surface area is 186 Å². The van der Waals surface area contributed by atoms with Crippen LogP contribution in [-0.4, -0.2) is 38.9 Å². The van der Waals surface area contributed by atoms with Gasteiger partial charge in [-0.2, -0.15) is 0 Å². The van der Waals surface area contributed by atoms with Gasteiger partial charge in [0.2, 0.25) is 0 Å². The average molecular weight is 450 g/mol. The lowest BCUT2D eigenvalue weighted by Crippen LogP contribution is -2.37. The van der Waals surface area contributed by atoms with E-state index >= 15 is 0 Å². The molecule has 0 unspecified atom stereocenters. The first-order valence-corrected chi connectivity index (χ1v) is 11.0. The Balaban J connectivity index is 2.16. The summed E-state index contributed by atoms with van der Waals surface area (Å²) in [4.78, 5) is 9.76. The zero-order valence-electron chi connectivity index (χ0n) is 17.2. The summed E-state index contributed by atoms with van der Waals surface area (Å²) in [6, 6.07) is 8.10. The Hall–Kier alpha value is -2.02. The highest BCUT2D eigenvalue weighted by atomic mass is 35.5. The fraction of sp³-hybridized carbons (Fsp3) is 0.286. The highest BCUT2D eigenvalue weighted by molar-refractivity contribution is 7.99. The molecule has 8 heteroatoms. The van der Waals surface area contributed by atoms with Gasteiger partial charge in [-0.15, -0.1) is 11.8 Å². The first-order valence-electron chi connectivity index (χ1n) is 9.23. The third-order valence-corrected chi connectivity index (χ3v) is 6.36. The van der Waals surface area contributed by atoms with E-state index in [2.05, 4.69) is 6.92 Å². The first kappa shape index (κ1) is 21.7. The monoisotopic (exact) mass is 449 g/mol. The van der Waals surface area contributed by atoms with Gasteiger partial charge in [-0.3, -0.25) is 0 Å². The standard InChI is InChI=1S/C21H25Cl2N5S/c1-6-29-19-17(22)20(27-11-7-15(8-12-27)25(2)3)24-21(18(19)23)28-13-9-16(10-14-28)26(4)5/h7-14H,6H2,1-5H3/q+2. The van der Waals surface area contributed by atoms with E-state index in [-0.39, 0.29) is 0 Å². The van der Waals surface area contributed by atoms with Crippen LogP contribution in [0, 0.1) is 0 Å². The van der Waals surface area contributed by atoms with E-state index < -0.39 is 0 Å². The molecular formula is C21H25Cl2N5S+2. The maximum atomic E-state index is 6.74. The Morgan fingerprint density at radius 1 is 0.793 bits per heavy atom. The molecule has 3 rings (SSSR count).